The van der Waals surface area contributed by atoms with Crippen molar-refractivity contribution in [3.05, 3.63) is 46.7 Å². The highest BCUT2D eigenvalue weighted by Crippen LogP contribution is 2.32. The molecule has 1 unspecified atom stereocenters. The molecule has 0 fully saturated rings. The maximum absolute atomic E-state index is 14.2. The van der Waals surface area contributed by atoms with E-state index in [-0.39, 0.29) is 24.7 Å². The van der Waals surface area contributed by atoms with E-state index in [0.717, 1.165) is 25.0 Å². The van der Waals surface area contributed by atoms with Gasteiger partial charge in [0, 0.05) is 31.2 Å². The molecule has 0 N–H and O–H groups in total. The average Bonchev–Trinajstić information content (AvgIpc) is 2.57. The molecule has 25 heavy (non-hydrogen) atoms. The number of ketones is 1. The summed E-state index contributed by atoms with van der Waals surface area (Å²) >= 11 is 0. The van der Waals surface area contributed by atoms with Gasteiger partial charge in [-0.1, -0.05) is 25.2 Å². The standard InChI is InChI=1S/C20H28F2N2O/c1-13-8-7-11-23(5)24(15(3)19(14(13)2)16(4)25)12-17-9-6-10-18(21)20(17)22/h9,13H,3,6-8,10-12H2,1-2,4-5H3/b19-14+. The third-order valence-electron chi connectivity index (χ3n) is 5.21. The van der Waals surface area contributed by atoms with E-state index >= 15 is 0 Å². The molecule has 1 atom stereocenters. The normalized spacial score (nSPS) is 27.0. The molecule has 0 aromatic rings. The first kappa shape index (κ1) is 19.6. The van der Waals surface area contributed by atoms with Crippen LogP contribution in [0.5, 0.6) is 0 Å². The van der Waals surface area contributed by atoms with Gasteiger partial charge in [0.05, 0.1) is 12.2 Å². The van der Waals surface area contributed by atoms with Gasteiger partial charge in [0.25, 0.3) is 0 Å². The number of rotatable bonds is 3. The lowest BCUT2D eigenvalue weighted by molar-refractivity contribution is -0.113. The number of Topliss-reactive ketones (excluding diaryl/α,β-unsaturated/α-hetero) is 1. The molecular weight excluding hydrogens is 322 g/mol. The molecular formula is C20H28F2N2O. The lowest BCUT2D eigenvalue weighted by atomic mass is 9.90. The first-order valence-electron chi connectivity index (χ1n) is 8.87. The lowest BCUT2D eigenvalue weighted by Gasteiger charge is -2.36. The molecule has 1 aliphatic heterocycles. The van der Waals surface area contributed by atoms with Crippen molar-refractivity contribution in [3.8, 4) is 0 Å². The second kappa shape index (κ2) is 8.09. The van der Waals surface area contributed by atoms with Crippen LogP contribution in [0, 0.1) is 5.92 Å². The Kier molecular flexibility index (Phi) is 6.33. The Labute approximate surface area is 149 Å². The van der Waals surface area contributed by atoms with E-state index in [1.165, 1.54) is 6.92 Å². The van der Waals surface area contributed by atoms with Crippen LogP contribution in [0.2, 0.25) is 0 Å². The highest BCUT2D eigenvalue weighted by atomic mass is 19.2. The number of carbonyl (C=O) groups is 1. The molecule has 0 saturated carbocycles. The molecule has 0 spiro atoms. The molecule has 2 rings (SSSR count). The zero-order valence-corrected chi connectivity index (χ0v) is 15.7. The zero-order chi connectivity index (χ0) is 18.7. The van der Waals surface area contributed by atoms with Crippen molar-refractivity contribution in [2.75, 3.05) is 20.1 Å². The van der Waals surface area contributed by atoms with Crippen LogP contribution in [0.4, 0.5) is 8.78 Å². The van der Waals surface area contributed by atoms with Crippen LogP contribution in [-0.2, 0) is 4.79 Å². The Balaban J connectivity index is 2.41. The Hall–Kier alpha value is -1.75. The van der Waals surface area contributed by atoms with Gasteiger partial charge in [0.1, 0.15) is 5.83 Å². The van der Waals surface area contributed by atoms with Crippen molar-refractivity contribution in [2.45, 2.75) is 46.5 Å². The van der Waals surface area contributed by atoms with Gasteiger partial charge < -0.3 is 5.01 Å². The van der Waals surface area contributed by atoms with Crippen LogP contribution in [-0.4, -0.2) is 35.9 Å². The van der Waals surface area contributed by atoms with Crippen LogP contribution in [0.25, 0.3) is 0 Å². The van der Waals surface area contributed by atoms with Crippen molar-refractivity contribution >= 4 is 5.78 Å². The highest BCUT2D eigenvalue weighted by molar-refractivity contribution is 5.98. The van der Waals surface area contributed by atoms with E-state index in [1.807, 2.05) is 24.0 Å². The molecule has 138 valence electrons. The van der Waals surface area contributed by atoms with E-state index in [1.54, 1.807) is 6.08 Å². The van der Waals surface area contributed by atoms with Crippen LogP contribution in [0.1, 0.15) is 46.5 Å². The summed E-state index contributed by atoms with van der Waals surface area (Å²) in [6, 6.07) is 0. The minimum Gasteiger partial charge on any atom is -0.301 e. The molecule has 5 heteroatoms. The molecule has 0 amide bonds. The van der Waals surface area contributed by atoms with Crippen LogP contribution < -0.4 is 0 Å². The Morgan fingerprint density at radius 3 is 2.72 bits per heavy atom. The molecule has 0 saturated heterocycles. The second-order valence-corrected chi connectivity index (χ2v) is 7.03. The van der Waals surface area contributed by atoms with Crippen molar-refractivity contribution < 1.29 is 13.6 Å². The third kappa shape index (κ3) is 4.27. The Bertz CT molecular complexity index is 661. The summed E-state index contributed by atoms with van der Waals surface area (Å²) in [7, 11) is 1.90. The van der Waals surface area contributed by atoms with Crippen LogP contribution in [0.3, 0.4) is 0 Å². The van der Waals surface area contributed by atoms with Gasteiger partial charge in [-0.3, -0.25) is 4.79 Å². The van der Waals surface area contributed by atoms with Crippen molar-refractivity contribution in [2.24, 2.45) is 5.92 Å². The molecule has 0 radical (unpaired) electrons. The number of hydrogen-bond donors (Lipinski definition) is 0. The molecule has 1 heterocycles. The maximum atomic E-state index is 14.2. The van der Waals surface area contributed by atoms with E-state index in [9.17, 15) is 13.6 Å². The molecule has 3 nitrogen and oxygen atoms in total. The zero-order valence-electron chi connectivity index (χ0n) is 15.7. The van der Waals surface area contributed by atoms with Gasteiger partial charge in [-0.25, -0.2) is 13.8 Å². The summed E-state index contributed by atoms with van der Waals surface area (Å²) in [5, 5.41) is 3.76. The molecule has 0 aromatic heterocycles. The van der Waals surface area contributed by atoms with Gasteiger partial charge in [0.15, 0.2) is 11.6 Å². The van der Waals surface area contributed by atoms with Crippen molar-refractivity contribution in [1.82, 2.24) is 10.0 Å². The quantitative estimate of drug-likeness (QED) is 0.726. The molecule has 0 aromatic carbocycles. The average molecular weight is 350 g/mol. The lowest BCUT2D eigenvalue weighted by Crippen LogP contribution is -2.41. The van der Waals surface area contributed by atoms with Gasteiger partial charge >= 0.3 is 0 Å². The minimum absolute atomic E-state index is 0.0468. The Morgan fingerprint density at radius 1 is 1.40 bits per heavy atom. The molecule has 1 aliphatic carbocycles. The molecule has 0 bridgehead atoms. The fourth-order valence-corrected chi connectivity index (χ4v) is 3.51. The van der Waals surface area contributed by atoms with Crippen LogP contribution in [0.15, 0.2) is 46.7 Å². The smallest absolute Gasteiger partial charge is 0.161 e. The number of hydrogen-bond acceptors (Lipinski definition) is 3. The van der Waals surface area contributed by atoms with Crippen molar-refractivity contribution in [1.29, 1.82) is 0 Å². The van der Waals surface area contributed by atoms with Crippen LogP contribution >= 0.6 is 0 Å². The fourth-order valence-electron chi connectivity index (χ4n) is 3.51. The topological polar surface area (TPSA) is 23.6 Å². The summed E-state index contributed by atoms with van der Waals surface area (Å²) in [4.78, 5) is 12.3. The SMILES string of the molecule is C=C1/C(C(C)=O)=C(/C)C(C)CCCN(C)N1CC1=CCCC(F)=C1F. The number of halogens is 2. The van der Waals surface area contributed by atoms with Gasteiger partial charge in [0.2, 0.25) is 0 Å². The Morgan fingerprint density at radius 2 is 2.08 bits per heavy atom. The number of nitrogens with zero attached hydrogens (tertiary/aromatic N) is 2. The highest BCUT2D eigenvalue weighted by Gasteiger charge is 2.27. The number of hydrazine groups is 1. The maximum Gasteiger partial charge on any atom is 0.161 e. The first-order valence-corrected chi connectivity index (χ1v) is 8.87. The van der Waals surface area contributed by atoms with Gasteiger partial charge in [-0.2, -0.15) is 0 Å². The van der Waals surface area contributed by atoms with Crippen molar-refractivity contribution in [3.63, 3.8) is 0 Å². The predicted molar refractivity (Wildman–Crippen MR) is 96.8 cm³/mol. The largest absolute Gasteiger partial charge is 0.301 e. The summed E-state index contributed by atoms with van der Waals surface area (Å²) in [6.45, 7) is 10.7. The predicted octanol–water partition coefficient (Wildman–Crippen LogP) is 4.86. The van der Waals surface area contributed by atoms with E-state index < -0.39 is 11.7 Å². The second-order valence-electron chi connectivity index (χ2n) is 7.03. The monoisotopic (exact) mass is 350 g/mol. The molecule has 2 aliphatic rings. The summed E-state index contributed by atoms with van der Waals surface area (Å²) < 4.78 is 27.8. The van der Waals surface area contributed by atoms with E-state index in [0.29, 0.717) is 23.3 Å². The minimum atomic E-state index is -0.772. The number of allylic oxidation sites excluding steroid dienone is 4. The number of carbonyl (C=O) groups excluding carboxylic acids is 1. The summed E-state index contributed by atoms with van der Waals surface area (Å²) in [6.07, 6.45) is 4.26. The fraction of sp³-hybridized carbons (Fsp3) is 0.550. The summed E-state index contributed by atoms with van der Waals surface area (Å²) in [5.41, 5.74) is 2.49. The summed E-state index contributed by atoms with van der Waals surface area (Å²) in [5.74, 6) is -1.23. The van der Waals surface area contributed by atoms with Gasteiger partial charge in [-0.05, 0) is 39.0 Å². The first-order chi connectivity index (χ1) is 11.7. The third-order valence-corrected chi connectivity index (χ3v) is 5.21. The van der Waals surface area contributed by atoms with Gasteiger partial charge in [-0.15, -0.1) is 0 Å². The van der Waals surface area contributed by atoms with E-state index in [4.69, 9.17) is 0 Å². The van der Waals surface area contributed by atoms with E-state index in [2.05, 4.69) is 13.5 Å².